The number of benzene rings is 1. The molecule has 4 heteroatoms. The molecule has 2 atom stereocenters. The molecule has 0 saturated carbocycles. The van der Waals surface area contributed by atoms with Gasteiger partial charge >= 0.3 is 0 Å². The lowest BCUT2D eigenvalue weighted by atomic mass is 9.99. The molecule has 0 aliphatic carbocycles. The van der Waals surface area contributed by atoms with Crippen LogP contribution in [0, 0.1) is 6.92 Å². The van der Waals surface area contributed by atoms with E-state index in [1.807, 2.05) is 38.1 Å². The first-order valence-electron chi connectivity index (χ1n) is 6.16. The number of halogens is 1. The van der Waals surface area contributed by atoms with Crippen LogP contribution in [0.4, 0.5) is 0 Å². The van der Waals surface area contributed by atoms with Crippen molar-refractivity contribution in [1.82, 2.24) is 4.98 Å². The molecule has 19 heavy (non-hydrogen) atoms. The van der Waals surface area contributed by atoms with Gasteiger partial charge in [-0.3, -0.25) is 4.98 Å². The van der Waals surface area contributed by atoms with Crippen molar-refractivity contribution < 1.29 is 4.74 Å². The van der Waals surface area contributed by atoms with E-state index in [2.05, 4.69) is 4.98 Å². The van der Waals surface area contributed by atoms with Crippen molar-refractivity contribution in [2.45, 2.75) is 26.0 Å². The summed E-state index contributed by atoms with van der Waals surface area (Å²) in [5, 5.41) is 0.547. The highest BCUT2D eigenvalue weighted by Crippen LogP contribution is 2.27. The van der Waals surface area contributed by atoms with Crippen molar-refractivity contribution >= 4 is 11.6 Å². The minimum absolute atomic E-state index is 0.139. The van der Waals surface area contributed by atoms with E-state index in [1.54, 1.807) is 18.5 Å². The zero-order valence-electron chi connectivity index (χ0n) is 11.0. The number of pyridine rings is 1. The third kappa shape index (κ3) is 3.46. The van der Waals surface area contributed by atoms with Crippen LogP contribution < -0.4 is 10.5 Å². The molecular formula is C15H17ClN2O. The van der Waals surface area contributed by atoms with Crippen LogP contribution >= 0.6 is 11.6 Å². The largest absolute Gasteiger partial charge is 0.482 e. The first-order valence-corrected chi connectivity index (χ1v) is 6.54. The lowest BCUT2D eigenvalue weighted by Crippen LogP contribution is -2.29. The number of hydrogen-bond acceptors (Lipinski definition) is 3. The lowest BCUT2D eigenvalue weighted by Gasteiger charge is -2.24. The second-order valence-electron chi connectivity index (χ2n) is 4.59. The average molecular weight is 277 g/mol. The van der Waals surface area contributed by atoms with Crippen molar-refractivity contribution in [1.29, 1.82) is 0 Å². The van der Waals surface area contributed by atoms with Crippen LogP contribution in [-0.4, -0.2) is 11.0 Å². The Bertz CT molecular complexity index is 557. The molecule has 100 valence electrons. The average Bonchev–Trinajstić information content (AvgIpc) is 2.37. The molecule has 0 bridgehead atoms. The normalized spacial score (nSPS) is 13.9. The summed E-state index contributed by atoms with van der Waals surface area (Å²) < 4.78 is 5.95. The second kappa shape index (κ2) is 6.04. The fourth-order valence-corrected chi connectivity index (χ4v) is 2.13. The summed E-state index contributed by atoms with van der Waals surface area (Å²) in [5.74, 6) is 0.623. The molecule has 0 saturated heterocycles. The van der Waals surface area contributed by atoms with E-state index in [4.69, 9.17) is 22.1 Å². The zero-order valence-corrected chi connectivity index (χ0v) is 11.8. The van der Waals surface area contributed by atoms with Crippen LogP contribution in [0.3, 0.4) is 0 Å². The summed E-state index contributed by atoms with van der Waals surface area (Å²) in [6.45, 7) is 3.97. The molecule has 0 aliphatic rings. The quantitative estimate of drug-likeness (QED) is 0.930. The van der Waals surface area contributed by atoms with Gasteiger partial charge in [0, 0.05) is 18.3 Å². The van der Waals surface area contributed by atoms with Gasteiger partial charge in [0.25, 0.3) is 0 Å². The monoisotopic (exact) mass is 276 g/mol. The van der Waals surface area contributed by atoms with Gasteiger partial charge in [-0.05, 0) is 25.0 Å². The van der Waals surface area contributed by atoms with E-state index in [1.165, 1.54) is 0 Å². The Labute approximate surface area is 118 Å². The van der Waals surface area contributed by atoms with E-state index in [0.29, 0.717) is 10.8 Å². The molecule has 1 aromatic heterocycles. The van der Waals surface area contributed by atoms with E-state index in [0.717, 1.165) is 11.1 Å². The van der Waals surface area contributed by atoms with Crippen molar-refractivity contribution in [3.8, 4) is 5.75 Å². The predicted molar refractivity (Wildman–Crippen MR) is 77.4 cm³/mol. The Morgan fingerprint density at radius 3 is 2.63 bits per heavy atom. The second-order valence-corrected chi connectivity index (χ2v) is 5.03. The van der Waals surface area contributed by atoms with Crippen LogP contribution in [0.2, 0.25) is 5.02 Å². The van der Waals surface area contributed by atoms with Crippen LogP contribution in [0.5, 0.6) is 5.75 Å². The standard InChI is InChI=1S/C15H17ClN2O/c1-10-5-3-4-6-14(10)15(11(2)17)19-13-7-12(16)8-18-9-13/h3-9,11,15H,17H2,1-2H3. The first-order chi connectivity index (χ1) is 9.08. The summed E-state index contributed by atoms with van der Waals surface area (Å²) >= 11 is 5.91. The third-order valence-electron chi connectivity index (χ3n) is 2.92. The van der Waals surface area contributed by atoms with Gasteiger partial charge in [-0.15, -0.1) is 0 Å². The molecule has 0 aliphatic heterocycles. The molecule has 0 fully saturated rings. The van der Waals surface area contributed by atoms with Gasteiger partial charge in [-0.2, -0.15) is 0 Å². The number of aryl methyl sites for hydroxylation is 1. The Hall–Kier alpha value is -1.58. The maximum Gasteiger partial charge on any atom is 0.140 e. The van der Waals surface area contributed by atoms with Crippen molar-refractivity contribution in [3.63, 3.8) is 0 Å². The summed E-state index contributed by atoms with van der Waals surface area (Å²) in [4.78, 5) is 4.01. The molecule has 2 N–H and O–H groups in total. The fourth-order valence-electron chi connectivity index (χ4n) is 1.96. The van der Waals surface area contributed by atoms with Crippen LogP contribution in [-0.2, 0) is 0 Å². The smallest absolute Gasteiger partial charge is 0.140 e. The number of nitrogens with zero attached hydrogens (tertiary/aromatic N) is 1. The highest BCUT2D eigenvalue weighted by atomic mass is 35.5. The molecule has 2 aromatic rings. The first kappa shape index (κ1) is 13.8. The van der Waals surface area contributed by atoms with Crippen molar-refractivity contribution in [2.75, 3.05) is 0 Å². The molecular weight excluding hydrogens is 260 g/mol. The number of ether oxygens (including phenoxy) is 1. The minimum Gasteiger partial charge on any atom is -0.482 e. The van der Waals surface area contributed by atoms with E-state index in [-0.39, 0.29) is 12.1 Å². The molecule has 2 unspecified atom stereocenters. The predicted octanol–water partition coefficient (Wildman–Crippen LogP) is 3.51. The molecule has 3 nitrogen and oxygen atoms in total. The number of aromatic nitrogens is 1. The lowest BCUT2D eigenvalue weighted by molar-refractivity contribution is 0.179. The van der Waals surface area contributed by atoms with Gasteiger partial charge in [-0.25, -0.2) is 0 Å². The van der Waals surface area contributed by atoms with Gasteiger partial charge in [0.1, 0.15) is 11.9 Å². The summed E-state index contributed by atoms with van der Waals surface area (Å²) in [6, 6.07) is 9.66. The van der Waals surface area contributed by atoms with Crippen molar-refractivity contribution in [3.05, 3.63) is 58.9 Å². The maximum atomic E-state index is 6.05. The zero-order chi connectivity index (χ0) is 13.8. The van der Waals surface area contributed by atoms with E-state index < -0.39 is 0 Å². The van der Waals surface area contributed by atoms with Gasteiger partial charge in [0.05, 0.1) is 11.2 Å². The highest BCUT2D eigenvalue weighted by molar-refractivity contribution is 6.30. The Morgan fingerprint density at radius 2 is 2.00 bits per heavy atom. The topological polar surface area (TPSA) is 48.1 Å². The third-order valence-corrected chi connectivity index (χ3v) is 3.12. The highest BCUT2D eigenvalue weighted by Gasteiger charge is 2.20. The SMILES string of the molecule is Cc1ccccc1C(Oc1cncc(Cl)c1)C(C)N. The Balaban J connectivity index is 2.29. The number of rotatable bonds is 4. The van der Waals surface area contributed by atoms with Gasteiger partial charge in [-0.1, -0.05) is 35.9 Å². The van der Waals surface area contributed by atoms with Gasteiger partial charge < -0.3 is 10.5 Å². The van der Waals surface area contributed by atoms with Gasteiger partial charge in [0.2, 0.25) is 0 Å². The summed E-state index contributed by atoms with van der Waals surface area (Å²) in [6.07, 6.45) is 2.99. The molecule has 1 aromatic carbocycles. The number of nitrogens with two attached hydrogens (primary N) is 1. The van der Waals surface area contributed by atoms with Gasteiger partial charge in [0.15, 0.2) is 0 Å². The molecule has 2 rings (SSSR count). The molecule has 1 heterocycles. The van der Waals surface area contributed by atoms with Crippen LogP contribution in [0.15, 0.2) is 42.7 Å². The van der Waals surface area contributed by atoms with Crippen LogP contribution in [0.1, 0.15) is 24.2 Å². The Kier molecular flexibility index (Phi) is 4.40. The fraction of sp³-hybridized carbons (Fsp3) is 0.267. The number of hydrogen-bond donors (Lipinski definition) is 1. The van der Waals surface area contributed by atoms with Crippen molar-refractivity contribution in [2.24, 2.45) is 5.73 Å². The summed E-state index contributed by atoms with van der Waals surface area (Å²) in [5.41, 5.74) is 8.28. The van der Waals surface area contributed by atoms with E-state index in [9.17, 15) is 0 Å². The van der Waals surface area contributed by atoms with E-state index >= 15 is 0 Å². The molecule has 0 radical (unpaired) electrons. The molecule has 0 spiro atoms. The molecule has 0 amide bonds. The Morgan fingerprint density at radius 1 is 1.26 bits per heavy atom. The summed E-state index contributed by atoms with van der Waals surface area (Å²) in [7, 11) is 0. The maximum absolute atomic E-state index is 6.05. The van der Waals surface area contributed by atoms with Crippen LogP contribution in [0.25, 0.3) is 0 Å². The minimum atomic E-state index is -0.221.